The average Bonchev–Trinajstić information content (AvgIpc) is 2.56. The summed E-state index contributed by atoms with van der Waals surface area (Å²) in [4.78, 5) is 5.34. The number of hydrogen-bond acceptors (Lipinski definition) is 3. The predicted molar refractivity (Wildman–Crippen MR) is 92.0 cm³/mol. The van der Waals surface area contributed by atoms with Gasteiger partial charge >= 0.3 is 0 Å². The van der Waals surface area contributed by atoms with E-state index in [2.05, 4.69) is 23.6 Å². The lowest BCUT2D eigenvalue weighted by Crippen LogP contribution is -2.56. The third-order valence-electron chi connectivity index (χ3n) is 6.71. The topological polar surface area (TPSA) is 26.7 Å². The van der Waals surface area contributed by atoms with Gasteiger partial charge in [0, 0.05) is 38.3 Å². The monoisotopic (exact) mass is 308 g/mol. The van der Waals surface area contributed by atoms with E-state index in [1.54, 1.807) is 0 Å². The summed E-state index contributed by atoms with van der Waals surface area (Å²) < 4.78 is 0. The summed E-state index contributed by atoms with van der Waals surface area (Å²) in [5.41, 5.74) is 0. The molecule has 3 heteroatoms. The molecule has 0 amide bonds. The van der Waals surface area contributed by atoms with Gasteiger partial charge in [-0.15, -0.1) is 0 Å². The molecule has 1 heterocycles. The van der Waals surface area contributed by atoms with Crippen LogP contribution in [0.2, 0.25) is 0 Å². The zero-order valence-corrected chi connectivity index (χ0v) is 14.7. The molecular weight excluding hydrogens is 272 g/mol. The Labute approximate surface area is 137 Å². The lowest BCUT2D eigenvalue weighted by atomic mass is 9.79. The van der Waals surface area contributed by atoms with E-state index in [1.165, 1.54) is 71.1 Å². The Balaban J connectivity index is 1.44. The maximum atomic E-state index is 10.3. The van der Waals surface area contributed by atoms with Gasteiger partial charge < -0.3 is 5.11 Å². The minimum atomic E-state index is -0.0678. The second-order valence-corrected chi connectivity index (χ2v) is 8.30. The standard InChI is InChI=1S/C19H36N2O/c1-15(2)16-7-9-17(10-8-16)20-11-13-21(14-12-20)18-5-3-4-6-19(18)22/h15-19,22H,3-14H2,1-2H3. The molecule has 2 aliphatic carbocycles. The highest BCUT2D eigenvalue weighted by molar-refractivity contribution is 4.89. The van der Waals surface area contributed by atoms with Crippen molar-refractivity contribution in [2.45, 2.75) is 83.4 Å². The van der Waals surface area contributed by atoms with Crippen molar-refractivity contribution in [2.75, 3.05) is 26.2 Å². The van der Waals surface area contributed by atoms with E-state index in [0.717, 1.165) is 24.3 Å². The maximum absolute atomic E-state index is 10.3. The van der Waals surface area contributed by atoms with Crippen LogP contribution < -0.4 is 0 Å². The zero-order chi connectivity index (χ0) is 15.5. The summed E-state index contributed by atoms with van der Waals surface area (Å²) in [6.07, 6.45) is 10.4. The summed E-state index contributed by atoms with van der Waals surface area (Å²) in [6, 6.07) is 1.29. The summed E-state index contributed by atoms with van der Waals surface area (Å²) >= 11 is 0. The van der Waals surface area contributed by atoms with Crippen LogP contribution >= 0.6 is 0 Å². The van der Waals surface area contributed by atoms with E-state index in [-0.39, 0.29) is 6.10 Å². The van der Waals surface area contributed by atoms with Crippen LogP contribution in [-0.4, -0.2) is 59.3 Å². The molecule has 3 nitrogen and oxygen atoms in total. The Morgan fingerprint density at radius 1 is 0.773 bits per heavy atom. The van der Waals surface area contributed by atoms with Crippen LogP contribution in [0.1, 0.15) is 65.2 Å². The second kappa shape index (κ2) is 7.63. The largest absolute Gasteiger partial charge is 0.391 e. The Morgan fingerprint density at radius 2 is 1.36 bits per heavy atom. The minimum Gasteiger partial charge on any atom is -0.391 e. The smallest absolute Gasteiger partial charge is 0.0695 e. The van der Waals surface area contributed by atoms with Crippen molar-refractivity contribution < 1.29 is 5.11 Å². The molecule has 0 aromatic heterocycles. The number of aliphatic hydroxyl groups excluding tert-OH is 1. The lowest BCUT2D eigenvalue weighted by Gasteiger charge is -2.46. The molecule has 0 radical (unpaired) electrons. The summed E-state index contributed by atoms with van der Waals surface area (Å²) in [5.74, 6) is 1.83. The zero-order valence-electron chi connectivity index (χ0n) is 14.7. The van der Waals surface area contributed by atoms with E-state index in [1.807, 2.05) is 0 Å². The molecule has 2 saturated carbocycles. The fourth-order valence-electron chi connectivity index (χ4n) is 5.09. The number of nitrogens with zero attached hydrogens (tertiary/aromatic N) is 2. The molecule has 3 aliphatic rings. The van der Waals surface area contributed by atoms with Crippen molar-refractivity contribution in [1.82, 2.24) is 9.80 Å². The Bertz CT molecular complexity index is 330. The van der Waals surface area contributed by atoms with Crippen molar-refractivity contribution >= 4 is 0 Å². The van der Waals surface area contributed by atoms with Crippen molar-refractivity contribution in [1.29, 1.82) is 0 Å². The van der Waals surface area contributed by atoms with E-state index in [0.29, 0.717) is 6.04 Å². The van der Waals surface area contributed by atoms with Crippen LogP contribution in [0.5, 0.6) is 0 Å². The fraction of sp³-hybridized carbons (Fsp3) is 1.00. The Hall–Kier alpha value is -0.120. The first-order chi connectivity index (χ1) is 10.6. The van der Waals surface area contributed by atoms with Crippen molar-refractivity contribution in [3.05, 3.63) is 0 Å². The van der Waals surface area contributed by atoms with Crippen LogP contribution in [0.15, 0.2) is 0 Å². The molecule has 22 heavy (non-hydrogen) atoms. The molecule has 1 saturated heterocycles. The second-order valence-electron chi connectivity index (χ2n) is 8.30. The summed E-state index contributed by atoms with van der Waals surface area (Å²) in [7, 11) is 0. The lowest BCUT2D eigenvalue weighted by molar-refractivity contribution is -0.0157. The first kappa shape index (κ1) is 16.7. The van der Waals surface area contributed by atoms with Crippen molar-refractivity contribution in [3.63, 3.8) is 0 Å². The number of rotatable bonds is 3. The van der Waals surface area contributed by atoms with E-state index < -0.39 is 0 Å². The van der Waals surface area contributed by atoms with Gasteiger partial charge in [-0.2, -0.15) is 0 Å². The molecule has 1 N–H and O–H groups in total. The van der Waals surface area contributed by atoms with Gasteiger partial charge in [-0.05, 0) is 50.4 Å². The van der Waals surface area contributed by atoms with Gasteiger partial charge in [0.1, 0.15) is 0 Å². The highest BCUT2D eigenvalue weighted by Crippen LogP contribution is 2.33. The normalized spacial score (nSPS) is 39.3. The van der Waals surface area contributed by atoms with E-state index in [4.69, 9.17) is 0 Å². The van der Waals surface area contributed by atoms with Gasteiger partial charge in [0.25, 0.3) is 0 Å². The SMILES string of the molecule is CC(C)C1CCC(N2CCN(C3CCCCC3O)CC2)CC1. The first-order valence-corrected chi connectivity index (χ1v) is 9.81. The van der Waals surface area contributed by atoms with Crippen LogP contribution in [-0.2, 0) is 0 Å². The van der Waals surface area contributed by atoms with Gasteiger partial charge in [-0.3, -0.25) is 9.80 Å². The number of hydrogen-bond donors (Lipinski definition) is 1. The number of piperazine rings is 1. The van der Waals surface area contributed by atoms with Crippen molar-refractivity contribution in [2.24, 2.45) is 11.8 Å². The third-order valence-corrected chi connectivity index (χ3v) is 6.71. The van der Waals surface area contributed by atoms with Gasteiger partial charge in [-0.25, -0.2) is 0 Å². The van der Waals surface area contributed by atoms with Gasteiger partial charge in [0.2, 0.25) is 0 Å². The van der Waals surface area contributed by atoms with Crippen LogP contribution in [0, 0.1) is 11.8 Å². The minimum absolute atomic E-state index is 0.0678. The molecular formula is C19H36N2O. The van der Waals surface area contributed by atoms with E-state index >= 15 is 0 Å². The van der Waals surface area contributed by atoms with E-state index in [9.17, 15) is 5.11 Å². The van der Waals surface area contributed by atoms with Gasteiger partial charge in [0.15, 0.2) is 0 Å². The quantitative estimate of drug-likeness (QED) is 0.868. The molecule has 1 aliphatic heterocycles. The Morgan fingerprint density at radius 3 is 1.95 bits per heavy atom. The van der Waals surface area contributed by atoms with Crippen LogP contribution in [0.25, 0.3) is 0 Å². The van der Waals surface area contributed by atoms with Crippen LogP contribution in [0.3, 0.4) is 0 Å². The maximum Gasteiger partial charge on any atom is 0.0695 e. The highest BCUT2D eigenvalue weighted by atomic mass is 16.3. The van der Waals surface area contributed by atoms with Crippen molar-refractivity contribution in [3.8, 4) is 0 Å². The summed E-state index contributed by atoms with van der Waals surface area (Å²) in [6.45, 7) is 9.57. The third kappa shape index (κ3) is 3.85. The molecule has 3 rings (SSSR count). The molecule has 128 valence electrons. The molecule has 0 aromatic rings. The molecule has 0 aromatic carbocycles. The Kier molecular flexibility index (Phi) is 5.80. The summed E-state index contributed by atoms with van der Waals surface area (Å²) in [5, 5.41) is 10.3. The molecule has 2 unspecified atom stereocenters. The first-order valence-electron chi connectivity index (χ1n) is 9.81. The highest BCUT2D eigenvalue weighted by Gasteiger charge is 2.33. The predicted octanol–water partition coefficient (Wildman–Crippen LogP) is 3.12. The van der Waals surface area contributed by atoms with Crippen LogP contribution in [0.4, 0.5) is 0 Å². The molecule has 2 atom stereocenters. The fourth-order valence-corrected chi connectivity index (χ4v) is 5.09. The number of aliphatic hydroxyl groups is 1. The molecule has 0 bridgehead atoms. The molecule has 0 spiro atoms. The van der Waals surface area contributed by atoms with Gasteiger partial charge in [0.05, 0.1) is 6.10 Å². The molecule has 3 fully saturated rings. The average molecular weight is 309 g/mol. The van der Waals surface area contributed by atoms with Gasteiger partial charge in [-0.1, -0.05) is 26.7 Å².